The predicted octanol–water partition coefficient (Wildman–Crippen LogP) is 3.67. The van der Waals surface area contributed by atoms with Crippen molar-refractivity contribution in [2.45, 2.75) is 6.42 Å². The number of hydrogen-bond donors (Lipinski definition) is 1. The van der Waals surface area contributed by atoms with Gasteiger partial charge in [0.25, 0.3) is 5.69 Å². The van der Waals surface area contributed by atoms with Crippen molar-refractivity contribution < 1.29 is 14.4 Å². The summed E-state index contributed by atoms with van der Waals surface area (Å²) in [5.74, 6) is 1.54. The molecule has 1 aliphatic heterocycles. The molecule has 23 heavy (non-hydrogen) atoms. The summed E-state index contributed by atoms with van der Waals surface area (Å²) in [4.78, 5) is 10.2. The number of rotatable bonds is 5. The molecule has 0 atom stereocenters. The van der Waals surface area contributed by atoms with E-state index in [-0.39, 0.29) is 5.69 Å². The van der Waals surface area contributed by atoms with E-state index in [4.69, 9.17) is 21.1 Å². The van der Waals surface area contributed by atoms with Gasteiger partial charge in [0.15, 0.2) is 11.5 Å². The van der Waals surface area contributed by atoms with Crippen LogP contribution in [0.2, 0.25) is 5.02 Å². The van der Waals surface area contributed by atoms with Crippen LogP contribution in [0.5, 0.6) is 11.5 Å². The molecule has 0 saturated heterocycles. The smallest absolute Gasteiger partial charge is 0.271 e. The second-order valence-corrected chi connectivity index (χ2v) is 5.48. The van der Waals surface area contributed by atoms with Crippen LogP contribution in [0.4, 0.5) is 11.4 Å². The lowest BCUT2D eigenvalue weighted by atomic mass is 10.1. The SMILES string of the molecule is O=[N+]([O-])c1ccc(NCCc2ccc3c(c2)OCCO3)c(Cl)c1. The minimum atomic E-state index is -0.467. The molecule has 0 radical (unpaired) electrons. The topological polar surface area (TPSA) is 73.6 Å². The minimum Gasteiger partial charge on any atom is -0.486 e. The van der Waals surface area contributed by atoms with Gasteiger partial charge in [-0.3, -0.25) is 10.1 Å². The zero-order valence-corrected chi connectivity index (χ0v) is 13.0. The third-order valence-electron chi connectivity index (χ3n) is 3.50. The summed E-state index contributed by atoms with van der Waals surface area (Å²) in [5.41, 5.74) is 1.77. The fourth-order valence-electron chi connectivity index (χ4n) is 2.35. The number of fused-ring (bicyclic) bond motifs is 1. The normalized spacial score (nSPS) is 12.7. The lowest BCUT2D eigenvalue weighted by Crippen LogP contribution is -2.15. The lowest BCUT2D eigenvalue weighted by molar-refractivity contribution is -0.384. The van der Waals surface area contributed by atoms with Crippen LogP contribution in [0.15, 0.2) is 36.4 Å². The Bertz CT molecular complexity index is 736. The van der Waals surface area contributed by atoms with E-state index in [9.17, 15) is 10.1 Å². The fourth-order valence-corrected chi connectivity index (χ4v) is 2.59. The Morgan fingerprint density at radius 3 is 2.65 bits per heavy atom. The van der Waals surface area contributed by atoms with Crippen LogP contribution in [-0.2, 0) is 6.42 Å². The molecule has 0 bridgehead atoms. The van der Waals surface area contributed by atoms with E-state index in [0.29, 0.717) is 30.5 Å². The van der Waals surface area contributed by atoms with Crippen molar-refractivity contribution in [3.63, 3.8) is 0 Å². The Hall–Kier alpha value is -2.47. The molecule has 1 aliphatic rings. The molecule has 0 spiro atoms. The van der Waals surface area contributed by atoms with Crippen molar-refractivity contribution in [3.05, 3.63) is 57.1 Å². The molecule has 6 nitrogen and oxygen atoms in total. The number of nitro benzene ring substituents is 1. The lowest BCUT2D eigenvalue weighted by Gasteiger charge is -2.19. The van der Waals surface area contributed by atoms with Gasteiger partial charge in [0.2, 0.25) is 0 Å². The van der Waals surface area contributed by atoms with Crippen LogP contribution in [0.25, 0.3) is 0 Å². The zero-order chi connectivity index (χ0) is 16.2. The summed E-state index contributed by atoms with van der Waals surface area (Å²) in [7, 11) is 0. The van der Waals surface area contributed by atoms with E-state index < -0.39 is 4.92 Å². The quantitative estimate of drug-likeness (QED) is 0.667. The van der Waals surface area contributed by atoms with Crippen LogP contribution in [0.3, 0.4) is 0 Å². The second-order valence-electron chi connectivity index (χ2n) is 5.08. The summed E-state index contributed by atoms with van der Waals surface area (Å²) in [6, 6.07) is 10.2. The van der Waals surface area contributed by atoms with E-state index in [2.05, 4.69) is 5.32 Å². The van der Waals surface area contributed by atoms with Gasteiger partial charge in [0.1, 0.15) is 13.2 Å². The average molecular weight is 335 g/mol. The van der Waals surface area contributed by atoms with E-state index in [1.54, 1.807) is 6.07 Å². The Kier molecular flexibility index (Phi) is 4.52. The third-order valence-corrected chi connectivity index (χ3v) is 3.81. The number of nitrogens with zero attached hydrogens (tertiary/aromatic N) is 1. The molecule has 0 amide bonds. The third kappa shape index (κ3) is 3.65. The van der Waals surface area contributed by atoms with Crippen molar-refractivity contribution in [3.8, 4) is 11.5 Å². The summed E-state index contributed by atoms with van der Waals surface area (Å²) < 4.78 is 11.0. The zero-order valence-electron chi connectivity index (χ0n) is 12.3. The van der Waals surface area contributed by atoms with E-state index in [1.807, 2.05) is 18.2 Å². The summed E-state index contributed by atoms with van der Waals surface area (Å²) in [5, 5.41) is 14.2. The molecule has 120 valence electrons. The van der Waals surface area contributed by atoms with E-state index in [0.717, 1.165) is 23.5 Å². The van der Waals surface area contributed by atoms with Crippen LogP contribution in [0, 0.1) is 10.1 Å². The first-order valence-electron chi connectivity index (χ1n) is 7.20. The van der Waals surface area contributed by atoms with Gasteiger partial charge in [0.05, 0.1) is 15.6 Å². The Labute approximate surface area is 138 Å². The summed E-state index contributed by atoms with van der Waals surface area (Å²) in [6.07, 6.45) is 0.768. The first-order valence-corrected chi connectivity index (χ1v) is 7.57. The highest BCUT2D eigenvalue weighted by molar-refractivity contribution is 6.33. The van der Waals surface area contributed by atoms with Crippen LogP contribution in [0.1, 0.15) is 5.56 Å². The molecule has 2 aromatic carbocycles. The number of non-ortho nitro benzene ring substituents is 1. The van der Waals surface area contributed by atoms with Gasteiger partial charge in [0, 0.05) is 18.7 Å². The van der Waals surface area contributed by atoms with Crippen LogP contribution >= 0.6 is 11.6 Å². The minimum absolute atomic E-state index is 0.0209. The molecule has 0 saturated carbocycles. The number of ether oxygens (including phenoxy) is 2. The van der Waals surface area contributed by atoms with Crippen molar-refractivity contribution in [2.75, 3.05) is 25.1 Å². The average Bonchev–Trinajstić information content (AvgIpc) is 2.56. The van der Waals surface area contributed by atoms with Crippen molar-refractivity contribution in [2.24, 2.45) is 0 Å². The Balaban J connectivity index is 1.60. The van der Waals surface area contributed by atoms with Crippen molar-refractivity contribution >= 4 is 23.0 Å². The molecule has 1 heterocycles. The van der Waals surface area contributed by atoms with E-state index in [1.165, 1.54) is 12.1 Å². The first kappa shape index (κ1) is 15.4. The van der Waals surface area contributed by atoms with Gasteiger partial charge in [-0.2, -0.15) is 0 Å². The Morgan fingerprint density at radius 1 is 1.13 bits per heavy atom. The predicted molar refractivity (Wildman–Crippen MR) is 87.7 cm³/mol. The van der Waals surface area contributed by atoms with E-state index >= 15 is 0 Å². The monoisotopic (exact) mass is 334 g/mol. The maximum Gasteiger partial charge on any atom is 0.271 e. The first-order chi connectivity index (χ1) is 11.1. The molecule has 1 N–H and O–H groups in total. The van der Waals surface area contributed by atoms with Crippen molar-refractivity contribution in [1.29, 1.82) is 0 Å². The van der Waals surface area contributed by atoms with Crippen LogP contribution < -0.4 is 14.8 Å². The molecule has 0 fully saturated rings. The number of benzene rings is 2. The highest BCUT2D eigenvalue weighted by Crippen LogP contribution is 2.31. The fraction of sp³-hybridized carbons (Fsp3) is 0.250. The van der Waals surface area contributed by atoms with Gasteiger partial charge in [-0.15, -0.1) is 0 Å². The maximum atomic E-state index is 10.7. The molecule has 0 aliphatic carbocycles. The number of anilines is 1. The van der Waals surface area contributed by atoms with Gasteiger partial charge >= 0.3 is 0 Å². The van der Waals surface area contributed by atoms with Gasteiger partial charge in [-0.1, -0.05) is 17.7 Å². The second kappa shape index (κ2) is 6.75. The number of hydrogen-bond acceptors (Lipinski definition) is 5. The highest BCUT2D eigenvalue weighted by atomic mass is 35.5. The van der Waals surface area contributed by atoms with Gasteiger partial charge in [-0.25, -0.2) is 0 Å². The van der Waals surface area contributed by atoms with Gasteiger partial charge in [-0.05, 0) is 30.2 Å². The molecule has 0 aromatic heterocycles. The molecule has 3 rings (SSSR count). The molecule has 2 aromatic rings. The maximum absolute atomic E-state index is 10.7. The largest absolute Gasteiger partial charge is 0.486 e. The number of halogens is 1. The molecule has 7 heteroatoms. The molecular formula is C16H15ClN2O4. The van der Waals surface area contributed by atoms with Crippen molar-refractivity contribution in [1.82, 2.24) is 0 Å². The molecular weight excluding hydrogens is 320 g/mol. The standard InChI is InChI=1S/C16H15ClN2O4/c17-13-10-12(19(20)21)2-3-14(13)18-6-5-11-1-4-15-16(9-11)23-8-7-22-15/h1-4,9-10,18H,5-8H2. The highest BCUT2D eigenvalue weighted by Gasteiger charge is 2.12. The Morgan fingerprint density at radius 2 is 1.91 bits per heavy atom. The number of nitro groups is 1. The number of nitrogens with one attached hydrogen (secondary N) is 1. The summed E-state index contributed by atoms with van der Waals surface area (Å²) in [6.45, 7) is 1.79. The summed E-state index contributed by atoms with van der Waals surface area (Å²) >= 11 is 6.05. The molecule has 0 unspecified atom stereocenters. The van der Waals surface area contributed by atoms with Gasteiger partial charge < -0.3 is 14.8 Å². The van der Waals surface area contributed by atoms with Crippen LogP contribution in [-0.4, -0.2) is 24.7 Å².